The topological polar surface area (TPSA) is 9.23 Å². The zero-order valence-corrected chi connectivity index (χ0v) is 11.0. The highest BCUT2D eigenvalue weighted by atomic mass is 127. The molecule has 0 aliphatic heterocycles. The molecule has 0 spiro atoms. The fourth-order valence-corrected chi connectivity index (χ4v) is 1.65. The number of unbranched alkanes of at least 4 members (excludes halogenated alkanes) is 2. The molecule has 1 aromatic carbocycles. The van der Waals surface area contributed by atoms with Gasteiger partial charge in [-0.25, -0.2) is 0 Å². The Morgan fingerprint density at radius 1 is 1.13 bits per heavy atom. The molecule has 0 saturated carbocycles. The molecule has 0 atom stereocenters. The van der Waals surface area contributed by atoms with Gasteiger partial charge in [0.05, 0.1) is 6.61 Å². The molecule has 0 aromatic heterocycles. The Morgan fingerprint density at radius 3 is 2.67 bits per heavy atom. The molecular weight excluding hydrogens is 299 g/mol. The van der Waals surface area contributed by atoms with Crippen molar-refractivity contribution in [2.45, 2.75) is 25.9 Å². The standard InChI is InChI=1S/C13H17IO/c14-10-6-1-2-7-11-15-12-13-8-4-3-5-9-13/h3-6,8-10H,1-2,7,11-12H2/b10-6-. The normalized spacial score (nSPS) is 11.0. The predicted molar refractivity (Wildman–Crippen MR) is 73.1 cm³/mol. The fourth-order valence-electron chi connectivity index (χ4n) is 1.29. The number of hydrogen-bond acceptors (Lipinski definition) is 1. The van der Waals surface area contributed by atoms with E-state index in [1.165, 1.54) is 12.0 Å². The van der Waals surface area contributed by atoms with Crippen LogP contribution in [0.15, 0.2) is 40.5 Å². The average Bonchev–Trinajstić information content (AvgIpc) is 2.29. The van der Waals surface area contributed by atoms with Crippen molar-refractivity contribution in [1.82, 2.24) is 0 Å². The van der Waals surface area contributed by atoms with Gasteiger partial charge in [0.15, 0.2) is 0 Å². The molecule has 0 unspecified atom stereocenters. The van der Waals surface area contributed by atoms with Crippen LogP contribution in [-0.2, 0) is 11.3 Å². The van der Waals surface area contributed by atoms with Crippen LogP contribution in [-0.4, -0.2) is 6.61 Å². The highest BCUT2D eigenvalue weighted by Gasteiger charge is 1.91. The third-order valence-corrected chi connectivity index (χ3v) is 2.62. The van der Waals surface area contributed by atoms with Crippen LogP contribution in [0.4, 0.5) is 0 Å². The molecule has 0 aliphatic rings. The summed E-state index contributed by atoms with van der Waals surface area (Å²) in [5.74, 6) is 0. The number of rotatable bonds is 7. The summed E-state index contributed by atoms with van der Waals surface area (Å²) in [6.45, 7) is 1.60. The highest BCUT2D eigenvalue weighted by molar-refractivity contribution is 14.1. The first-order valence-electron chi connectivity index (χ1n) is 5.30. The SMILES string of the molecule is I/C=C\CCCCOCc1ccccc1. The van der Waals surface area contributed by atoms with Gasteiger partial charge in [-0.1, -0.05) is 59.0 Å². The van der Waals surface area contributed by atoms with E-state index >= 15 is 0 Å². The van der Waals surface area contributed by atoms with E-state index in [0.717, 1.165) is 26.1 Å². The van der Waals surface area contributed by atoms with Crippen LogP contribution in [0.2, 0.25) is 0 Å². The number of hydrogen-bond donors (Lipinski definition) is 0. The van der Waals surface area contributed by atoms with Crippen LogP contribution in [0.1, 0.15) is 24.8 Å². The van der Waals surface area contributed by atoms with E-state index in [2.05, 4.69) is 44.9 Å². The van der Waals surface area contributed by atoms with E-state index in [1.54, 1.807) is 0 Å². The fraction of sp³-hybridized carbons (Fsp3) is 0.385. The van der Waals surface area contributed by atoms with Crippen molar-refractivity contribution in [3.8, 4) is 0 Å². The monoisotopic (exact) mass is 316 g/mol. The van der Waals surface area contributed by atoms with E-state index < -0.39 is 0 Å². The van der Waals surface area contributed by atoms with E-state index in [-0.39, 0.29) is 0 Å². The van der Waals surface area contributed by atoms with Gasteiger partial charge in [0.1, 0.15) is 0 Å². The summed E-state index contributed by atoms with van der Waals surface area (Å²) in [5, 5.41) is 0. The highest BCUT2D eigenvalue weighted by Crippen LogP contribution is 2.03. The zero-order chi connectivity index (χ0) is 10.8. The van der Waals surface area contributed by atoms with Gasteiger partial charge >= 0.3 is 0 Å². The Balaban J connectivity index is 1.98. The maximum absolute atomic E-state index is 5.57. The first-order chi connectivity index (χ1) is 7.43. The lowest BCUT2D eigenvalue weighted by Gasteiger charge is -2.03. The van der Waals surface area contributed by atoms with Crippen molar-refractivity contribution >= 4 is 22.6 Å². The molecule has 1 aromatic rings. The molecule has 0 N–H and O–H groups in total. The lowest BCUT2D eigenvalue weighted by atomic mass is 10.2. The molecule has 0 aliphatic carbocycles. The number of halogens is 1. The van der Waals surface area contributed by atoms with Crippen molar-refractivity contribution in [3.05, 3.63) is 46.1 Å². The lowest BCUT2D eigenvalue weighted by Crippen LogP contribution is -1.94. The Hall–Kier alpha value is -0.350. The molecule has 0 fully saturated rings. The average molecular weight is 316 g/mol. The maximum Gasteiger partial charge on any atom is 0.0716 e. The van der Waals surface area contributed by atoms with Crippen LogP contribution in [0, 0.1) is 0 Å². The number of allylic oxidation sites excluding steroid dienone is 1. The Morgan fingerprint density at radius 2 is 1.93 bits per heavy atom. The molecule has 0 amide bonds. The molecule has 82 valence electrons. The minimum Gasteiger partial charge on any atom is -0.377 e. The Bertz CT molecular complexity index is 269. The van der Waals surface area contributed by atoms with Gasteiger partial charge < -0.3 is 4.74 Å². The quantitative estimate of drug-likeness (QED) is 0.538. The van der Waals surface area contributed by atoms with Crippen molar-refractivity contribution in [3.63, 3.8) is 0 Å². The molecule has 2 heteroatoms. The third kappa shape index (κ3) is 6.68. The lowest BCUT2D eigenvalue weighted by molar-refractivity contribution is 0.117. The predicted octanol–water partition coefficient (Wildman–Crippen LogP) is 4.32. The molecule has 0 radical (unpaired) electrons. The third-order valence-electron chi connectivity index (χ3n) is 2.11. The molecule has 0 saturated heterocycles. The van der Waals surface area contributed by atoms with Crippen LogP contribution < -0.4 is 0 Å². The van der Waals surface area contributed by atoms with Crippen LogP contribution in [0.3, 0.4) is 0 Å². The van der Waals surface area contributed by atoms with Gasteiger partial charge in [-0.2, -0.15) is 0 Å². The van der Waals surface area contributed by atoms with Gasteiger partial charge in [-0.3, -0.25) is 0 Å². The first-order valence-corrected chi connectivity index (χ1v) is 6.55. The van der Waals surface area contributed by atoms with E-state index in [0.29, 0.717) is 0 Å². The zero-order valence-electron chi connectivity index (χ0n) is 8.86. The van der Waals surface area contributed by atoms with Gasteiger partial charge in [0, 0.05) is 6.61 Å². The van der Waals surface area contributed by atoms with Gasteiger partial charge in [-0.05, 0) is 28.9 Å². The minimum atomic E-state index is 0.739. The van der Waals surface area contributed by atoms with Crippen molar-refractivity contribution in [2.75, 3.05) is 6.61 Å². The summed E-state index contributed by atoms with van der Waals surface area (Å²) in [6, 6.07) is 10.3. The van der Waals surface area contributed by atoms with Crippen LogP contribution in [0.25, 0.3) is 0 Å². The summed E-state index contributed by atoms with van der Waals surface area (Å²) in [4.78, 5) is 0. The largest absolute Gasteiger partial charge is 0.377 e. The van der Waals surface area contributed by atoms with Crippen LogP contribution in [0.5, 0.6) is 0 Å². The van der Waals surface area contributed by atoms with Crippen molar-refractivity contribution in [2.24, 2.45) is 0 Å². The van der Waals surface area contributed by atoms with Gasteiger partial charge in [0.25, 0.3) is 0 Å². The van der Waals surface area contributed by atoms with Crippen LogP contribution >= 0.6 is 22.6 Å². The second kappa shape index (κ2) is 8.92. The van der Waals surface area contributed by atoms with Crippen molar-refractivity contribution < 1.29 is 4.74 Å². The van der Waals surface area contributed by atoms with Gasteiger partial charge in [0.2, 0.25) is 0 Å². The summed E-state index contributed by atoms with van der Waals surface area (Å²) in [5.41, 5.74) is 1.25. The molecule has 1 nitrogen and oxygen atoms in total. The summed E-state index contributed by atoms with van der Waals surface area (Å²) in [7, 11) is 0. The molecule has 0 bridgehead atoms. The van der Waals surface area contributed by atoms with Gasteiger partial charge in [-0.15, -0.1) is 0 Å². The van der Waals surface area contributed by atoms with E-state index in [9.17, 15) is 0 Å². The smallest absolute Gasteiger partial charge is 0.0716 e. The van der Waals surface area contributed by atoms with E-state index in [1.807, 2.05) is 18.2 Å². The molecule has 0 heterocycles. The first kappa shape index (κ1) is 12.7. The Kier molecular flexibility index (Phi) is 7.56. The summed E-state index contributed by atoms with van der Waals surface area (Å²) in [6.07, 6.45) is 5.72. The summed E-state index contributed by atoms with van der Waals surface area (Å²) < 4.78 is 7.65. The van der Waals surface area contributed by atoms with E-state index in [4.69, 9.17) is 4.74 Å². The molecule has 15 heavy (non-hydrogen) atoms. The second-order valence-corrected chi connectivity index (χ2v) is 4.11. The number of benzene rings is 1. The number of ether oxygens (including phenoxy) is 1. The maximum atomic E-state index is 5.57. The molecule has 1 rings (SSSR count). The summed E-state index contributed by atoms with van der Waals surface area (Å²) >= 11 is 2.25. The minimum absolute atomic E-state index is 0.739. The molecular formula is C13H17IO. The Labute approximate surface area is 106 Å². The van der Waals surface area contributed by atoms with Crippen molar-refractivity contribution in [1.29, 1.82) is 0 Å². The second-order valence-electron chi connectivity index (χ2n) is 3.40.